The lowest BCUT2D eigenvalue weighted by atomic mass is 10.0. The molecule has 0 N–H and O–H groups in total. The Morgan fingerprint density at radius 1 is 0.857 bits per heavy atom. The van der Waals surface area contributed by atoms with Crippen LogP contribution in [-0.4, -0.2) is 24.0 Å². The zero-order chi connectivity index (χ0) is 10.2. The van der Waals surface area contributed by atoms with E-state index >= 15 is 0 Å². The maximum absolute atomic E-state index is 2.76. The van der Waals surface area contributed by atoms with E-state index in [1.807, 2.05) is 0 Å². The van der Waals surface area contributed by atoms with Crippen molar-refractivity contribution in [3.8, 4) is 0 Å². The highest BCUT2D eigenvalue weighted by atomic mass is 15.1. The van der Waals surface area contributed by atoms with Crippen LogP contribution in [0.15, 0.2) is 0 Å². The molecule has 0 amide bonds. The SMILES string of the molecule is CCCC(CCC)N1CCCCCC1. The molecular formula is C13H27N. The van der Waals surface area contributed by atoms with E-state index in [2.05, 4.69) is 18.7 Å². The van der Waals surface area contributed by atoms with Crippen molar-refractivity contribution in [1.82, 2.24) is 4.90 Å². The third-order valence-electron chi connectivity index (χ3n) is 3.40. The fourth-order valence-electron chi connectivity index (χ4n) is 2.64. The lowest BCUT2D eigenvalue weighted by Crippen LogP contribution is -2.35. The second kappa shape index (κ2) is 7.28. The van der Waals surface area contributed by atoms with Crippen LogP contribution >= 0.6 is 0 Å². The van der Waals surface area contributed by atoms with Crippen molar-refractivity contribution in [2.45, 2.75) is 71.3 Å². The summed E-state index contributed by atoms with van der Waals surface area (Å²) in [4.78, 5) is 2.76. The molecule has 1 aliphatic heterocycles. The van der Waals surface area contributed by atoms with E-state index in [1.165, 1.54) is 64.5 Å². The summed E-state index contributed by atoms with van der Waals surface area (Å²) in [6.07, 6.45) is 11.3. The van der Waals surface area contributed by atoms with Gasteiger partial charge in [-0.1, -0.05) is 39.5 Å². The van der Waals surface area contributed by atoms with Crippen molar-refractivity contribution >= 4 is 0 Å². The molecule has 0 aliphatic carbocycles. The summed E-state index contributed by atoms with van der Waals surface area (Å²) in [6.45, 7) is 7.37. The Balaban J connectivity index is 2.38. The Labute approximate surface area is 89.9 Å². The summed E-state index contributed by atoms with van der Waals surface area (Å²) >= 11 is 0. The molecule has 1 rings (SSSR count). The second-order valence-electron chi connectivity index (χ2n) is 4.68. The van der Waals surface area contributed by atoms with Crippen molar-refractivity contribution in [3.05, 3.63) is 0 Å². The molecule has 1 nitrogen and oxygen atoms in total. The molecule has 14 heavy (non-hydrogen) atoms. The molecule has 1 aliphatic rings. The van der Waals surface area contributed by atoms with Crippen molar-refractivity contribution in [1.29, 1.82) is 0 Å². The Hall–Kier alpha value is -0.0400. The molecule has 0 atom stereocenters. The lowest BCUT2D eigenvalue weighted by molar-refractivity contribution is 0.181. The van der Waals surface area contributed by atoms with Crippen LogP contribution in [-0.2, 0) is 0 Å². The maximum atomic E-state index is 2.76. The predicted molar refractivity (Wildman–Crippen MR) is 63.6 cm³/mol. The summed E-state index contributed by atoms with van der Waals surface area (Å²) in [5.74, 6) is 0. The molecule has 1 heteroatoms. The predicted octanol–water partition coefficient (Wildman–Crippen LogP) is 3.83. The van der Waals surface area contributed by atoms with Crippen molar-refractivity contribution in [2.75, 3.05) is 13.1 Å². The summed E-state index contributed by atoms with van der Waals surface area (Å²) in [5, 5.41) is 0. The quantitative estimate of drug-likeness (QED) is 0.647. The molecule has 0 aromatic carbocycles. The van der Waals surface area contributed by atoms with Crippen LogP contribution in [0.5, 0.6) is 0 Å². The van der Waals surface area contributed by atoms with Crippen molar-refractivity contribution in [2.24, 2.45) is 0 Å². The van der Waals surface area contributed by atoms with Gasteiger partial charge in [-0.25, -0.2) is 0 Å². The molecule has 0 spiro atoms. The van der Waals surface area contributed by atoms with E-state index in [0.29, 0.717) is 0 Å². The van der Waals surface area contributed by atoms with E-state index in [1.54, 1.807) is 0 Å². The minimum Gasteiger partial charge on any atom is -0.300 e. The van der Waals surface area contributed by atoms with Gasteiger partial charge in [-0.15, -0.1) is 0 Å². The van der Waals surface area contributed by atoms with Gasteiger partial charge in [-0.05, 0) is 38.8 Å². The molecule has 0 saturated carbocycles. The maximum Gasteiger partial charge on any atom is 0.00950 e. The largest absolute Gasteiger partial charge is 0.300 e. The van der Waals surface area contributed by atoms with Gasteiger partial charge in [0.05, 0.1) is 0 Å². The molecule has 1 saturated heterocycles. The first-order chi connectivity index (χ1) is 6.88. The lowest BCUT2D eigenvalue weighted by Gasteiger charge is -2.30. The Kier molecular flexibility index (Phi) is 6.25. The van der Waals surface area contributed by atoms with Gasteiger partial charge >= 0.3 is 0 Å². The summed E-state index contributed by atoms with van der Waals surface area (Å²) in [5.41, 5.74) is 0. The van der Waals surface area contributed by atoms with Gasteiger partial charge in [0.25, 0.3) is 0 Å². The highest BCUT2D eigenvalue weighted by Crippen LogP contribution is 2.18. The monoisotopic (exact) mass is 197 g/mol. The van der Waals surface area contributed by atoms with Gasteiger partial charge in [0.1, 0.15) is 0 Å². The number of hydrogen-bond acceptors (Lipinski definition) is 1. The smallest absolute Gasteiger partial charge is 0.00950 e. The van der Waals surface area contributed by atoms with Crippen LogP contribution in [0, 0.1) is 0 Å². The fraction of sp³-hybridized carbons (Fsp3) is 1.00. The number of nitrogens with zero attached hydrogens (tertiary/aromatic N) is 1. The average molecular weight is 197 g/mol. The second-order valence-corrected chi connectivity index (χ2v) is 4.68. The van der Waals surface area contributed by atoms with Crippen LogP contribution in [0.1, 0.15) is 65.2 Å². The van der Waals surface area contributed by atoms with E-state index in [-0.39, 0.29) is 0 Å². The molecule has 0 unspecified atom stereocenters. The summed E-state index contributed by atoms with van der Waals surface area (Å²) in [7, 11) is 0. The van der Waals surface area contributed by atoms with Crippen LogP contribution in [0.3, 0.4) is 0 Å². The first kappa shape index (κ1) is 12.0. The van der Waals surface area contributed by atoms with Crippen LogP contribution in [0.25, 0.3) is 0 Å². The normalized spacial score (nSPS) is 19.9. The van der Waals surface area contributed by atoms with Gasteiger partial charge in [-0.2, -0.15) is 0 Å². The number of hydrogen-bond donors (Lipinski definition) is 0. The zero-order valence-electron chi connectivity index (χ0n) is 10.1. The highest BCUT2D eigenvalue weighted by Gasteiger charge is 2.17. The van der Waals surface area contributed by atoms with Gasteiger partial charge < -0.3 is 4.90 Å². The minimum atomic E-state index is 0.892. The fourth-order valence-corrected chi connectivity index (χ4v) is 2.64. The van der Waals surface area contributed by atoms with E-state index in [9.17, 15) is 0 Å². The molecule has 0 bridgehead atoms. The number of likely N-dealkylation sites (tertiary alicyclic amines) is 1. The summed E-state index contributed by atoms with van der Waals surface area (Å²) in [6, 6.07) is 0.892. The third kappa shape index (κ3) is 4.00. The first-order valence-electron chi connectivity index (χ1n) is 6.62. The molecular weight excluding hydrogens is 170 g/mol. The van der Waals surface area contributed by atoms with E-state index < -0.39 is 0 Å². The molecule has 0 aromatic rings. The average Bonchev–Trinajstić information content (AvgIpc) is 2.45. The Morgan fingerprint density at radius 2 is 1.36 bits per heavy atom. The summed E-state index contributed by atoms with van der Waals surface area (Å²) < 4.78 is 0. The molecule has 1 fully saturated rings. The Bertz CT molecular complexity index is 119. The molecule has 0 radical (unpaired) electrons. The van der Waals surface area contributed by atoms with Gasteiger partial charge in [0, 0.05) is 6.04 Å². The molecule has 84 valence electrons. The van der Waals surface area contributed by atoms with E-state index in [0.717, 1.165) is 6.04 Å². The minimum absolute atomic E-state index is 0.892. The zero-order valence-corrected chi connectivity index (χ0v) is 10.1. The van der Waals surface area contributed by atoms with Crippen molar-refractivity contribution < 1.29 is 0 Å². The molecule has 0 aromatic heterocycles. The highest BCUT2D eigenvalue weighted by molar-refractivity contribution is 4.73. The topological polar surface area (TPSA) is 3.24 Å². The number of rotatable bonds is 5. The standard InChI is InChI=1S/C13H27N/c1-3-9-13(10-4-2)14-11-7-5-6-8-12-14/h13H,3-12H2,1-2H3. The third-order valence-corrected chi connectivity index (χ3v) is 3.40. The van der Waals surface area contributed by atoms with Crippen LogP contribution < -0.4 is 0 Å². The first-order valence-corrected chi connectivity index (χ1v) is 6.62. The van der Waals surface area contributed by atoms with Crippen LogP contribution in [0.2, 0.25) is 0 Å². The van der Waals surface area contributed by atoms with E-state index in [4.69, 9.17) is 0 Å². The molecule has 1 heterocycles. The van der Waals surface area contributed by atoms with Gasteiger partial charge in [0.15, 0.2) is 0 Å². The van der Waals surface area contributed by atoms with Crippen molar-refractivity contribution in [3.63, 3.8) is 0 Å². The van der Waals surface area contributed by atoms with Crippen LogP contribution in [0.4, 0.5) is 0 Å². The van der Waals surface area contributed by atoms with Gasteiger partial charge in [0.2, 0.25) is 0 Å². The van der Waals surface area contributed by atoms with Gasteiger partial charge in [-0.3, -0.25) is 0 Å². The Morgan fingerprint density at radius 3 is 1.79 bits per heavy atom.